The van der Waals surface area contributed by atoms with E-state index >= 15 is 0 Å². The number of nitrogens with zero attached hydrogens (tertiary/aromatic N) is 1. The lowest BCUT2D eigenvalue weighted by Gasteiger charge is -2.09. The van der Waals surface area contributed by atoms with Crippen LogP contribution in [0.4, 0.5) is 14.9 Å². The molecule has 4 nitrogen and oxygen atoms in total. The minimum atomic E-state index is -0.289. The molecule has 0 bridgehead atoms. The van der Waals surface area contributed by atoms with Crippen molar-refractivity contribution >= 4 is 22.6 Å². The maximum Gasteiger partial charge on any atom is 0.319 e. The molecule has 2 N–H and O–H groups in total. The molecule has 0 spiro atoms. The van der Waals surface area contributed by atoms with Gasteiger partial charge in [-0.25, -0.2) is 9.18 Å². The van der Waals surface area contributed by atoms with Crippen molar-refractivity contribution in [3.8, 4) is 0 Å². The number of halogens is 1. The lowest BCUT2D eigenvalue weighted by molar-refractivity contribution is 0.251. The van der Waals surface area contributed by atoms with Crippen LogP contribution >= 0.6 is 0 Å². The van der Waals surface area contributed by atoms with E-state index in [0.717, 1.165) is 28.7 Å². The van der Waals surface area contributed by atoms with Crippen molar-refractivity contribution in [2.45, 2.75) is 20.0 Å². The van der Waals surface area contributed by atoms with Gasteiger partial charge in [0, 0.05) is 25.0 Å². The first-order valence-corrected chi connectivity index (χ1v) is 7.54. The first kappa shape index (κ1) is 15.1. The summed E-state index contributed by atoms with van der Waals surface area (Å²) in [5.74, 6) is -0.287. The van der Waals surface area contributed by atoms with Gasteiger partial charge in [-0.2, -0.15) is 0 Å². The average molecular weight is 311 g/mol. The minimum absolute atomic E-state index is 0.287. The van der Waals surface area contributed by atoms with Crippen molar-refractivity contribution in [2.24, 2.45) is 0 Å². The van der Waals surface area contributed by atoms with Gasteiger partial charge in [-0.1, -0.05) is 18.2 Å². The fourth-order valence-corrected chi connectivity index (χ4v) is 2.50. The highest BCUT2D eigenvalue weighted by molar-refractivity contribution is 5.92. The Labute approximate surface area is 133 Å². The summed E-state index contributed by atoms with van der Waals surface area (Å²) in [5.41, 5.74) is 2.67. The van der Waals surface area contributed by atoms with E-state index in [4.69, 9.17) is 0 Å². The van der Waals surface area contributed by atoms with Gasteiger partial charge in [0.15, 0.2) is 0 Å². The summed E-state index contributed by atoms with van der Waals surface area (Å²) in [7, 11) is 0. The SMILES string of the molecule is CCn1ccc2ccc(NC(=O)NCc3ccc(F)cc3)cc21. The van der Waals surface area contributed by atoms with Crippen molar-refractivity contribution in [1.82, 2.24) is 9.88 Å². The molecule has 1 aromatic heterocycles. The number of urea groups is 1. The molecule has 0 aliphatic carbocycles. The molecule has 23 heavy (non-hydrogen) atoms. The molecule has 5 heteroatoms. The van der Waals surface area contributed by atoms with Crippen LogP contribution in [0.1, 0.15) is 12.5 Å². The highest BCUT2D eigenvalue weighted by Crippen LogP contribution is 2.20. The molecule has 3 aromatic rings. The van der Waals surface area contributed by atoms with E-state index in [0.29, 0.717) is 6.54 Å². The molecule has 0 fully saturated rings. The van der Waals surface area contributed by atoms with Gasteiger partial charge in [-0.15, -0.1) is 0 Å². The van der Waals surface area contributed by atoms with Crippen LogP contribution in [-0.4, -0.2) is 10.6 Å². The van der Waals surface area contributed by atoms with Crippen molar-refractivity contribution in [3.05, 3.63) is 66.1 Å². The Balaban J connectivity index is 1.64. The molecular formula is C18H18FN3O. The average Bonchev–Trinajstić information content (AvgIpc) is 2.96. The Morgan fingerprint density at radius 2 is 1.91 bits per heavy atom. The third-order valence-electron chi connectivity index (χ3n) is 3.74. The number of fused-ring (bicyclic) bond motifs is 1. The Morgan fingerprint density at radius 3 is 2.65 bits per heavy atom. The van der Waals surface area contributed by atoms with Gasteiger partial charge in [-0.05, 0) is 48.2 Å². The molecule has 2 amide bonds. The number of carbonyl (C=O) groups excluding carboxylic acids is 1. The predicted octanol–water partition coefficient (Wildman–Crippen LogP) is 4.12. The quantitative estimate of drug-likeness (QED) is 0.748. The van der Waals surface area contributed by atoms with Crippen LogP contribution in [-0.2, 0) is 13.1 Å². The van der Waals surface area contributed by atoms with E-state index in [1.54, 1.807) is 12.1 Å². The van der Waals surface area contributed by atoms with Gasteiger partial charge in [0.1, 0.15) is 5.82 Å². The summed E-state index contributed by atoms with van der Waals surface area (Å²) >= 11 is 0. The number of benzene rings is 2. The largest absolute Gasteiger partial charge is 0.348 e. The van der Waals surface area contributed by atoms with Crippen LogP contribution in [0, 0.1) is 5.82 Å². The van der Waals surface area contributed by atoms with Gasteiger partial charge >= 0.3 is 6.03 Å². The number of amides is 2. The second kappa shape index (κ2) is 6.52. The molecule has 0 saturated carbocycles. The molecular weight excluding hydrogens is 293 g/mol. The van der Waals surface area contributed by atoms with Gasteiger partial charge in [0.25, 0.3) is 0 Å². The Morgan fingerprint density at radius 1 is 1.13 bits per heavy atom. The normalized spacial score (nSPS) is 10.7. The lowest BCUT2D eigenvalue weighted by Crippen LogP contribution is -2.28. The number of hydrogen-bond acceptors (Lipinski definition) is 1. The summed E-state index contributed by atoms with van der Waals surface area (Å²) in [6, 6.07) is 13.6. The van der Waals surface area contributed by atoms with Crippen LogP contribution in [0.2, 0.25) is 0 Å². The second-order valence-corrected chi connectivity index (χ2v) is 5.31. The fourth-order valence-electron chi connectivity index (χ4n) is 2.50. The molecule has 0 atom stereocenters. The molecule has 0 aliphatic rings. The van der Waals surface area contributed by atoms with Gasteiger partial charge in [0.2, 0.25) is 0 Å². The third kappa shape index (κ3) is 3.51. The summed E-state index contributed by atoms with van der Waals surface area (Å²) in [4.78, 5) is 12.0. The third-order valence-corrected chi connectivity index (χ3v) is 3.74. The number of rotatable bonds is 4. The van der Waals surface area contributed by atoms with Crippen LogP contribution in [0.3, 0.4) is 0 Å². The van der Waals surface area contributed by atoms with Gasteiger partial charge in [-0.3, -0.25) is 0 Å². The van der Waals surface area contributed by atoms with Crippen LogP contribution in [0.25, 0.3) is 10.9 Å². The van der Waals surface area contributed by atoms with E-state index in [9.17, 15) is 9.18 Å². The molecule has 118 valence electrons. The van der Waals surface area contributed by atoms with E-state index < -0.39 is 0 Å². The van der Waals surface area contributed by atoms with Crippen LogP contribution < -0.4 is 10.6 Å². The zero-order valence-corrected chi connectivity index (χ0v) is 12.8. The van der Waals surface area contributed by atoms with Crippen molar-refractivity contribution in [3.63, 3.8) is 0 Å². The molecule has 2 aromatic carbocycles. The Hall–Kier alpha value is -2.82. The highest BCUT2D eigenvalue weighted by Gasteiger charge is 2.05. The van der Waals surface area contributed by atoms with Gasteiger partial charge in [0.05, 0.1) is 5.52 Å². The Bertz CT molecular complexity index is 824. The second-order valence-electron chi connectivity index (χ2n) is 5.31. The van der Waals surface area contributed by atoms with E-state index in [1.165, 1.54) is 12.1 Å². The van der Waals surface area contributed by atoms with Crippen molar-refractivity contribution in [2.75, 3.05) is 5.32 Å². The molecule has 0 saturated heterocycles. The summed E-state index contributed by atoms with van der Waals surface area (Å²) in [6.45, 7) is 3.30. The van der Waals surface area contributed by atoms with Gasteiger partial charge < -0.3 is 15.2 Å². The molecule has 0 radical (unpaired) electrons. The number of anilines is 1. The first-order valence-electron chi connectivity index (χ1n) is 7.54. The maximum atomic E-state index is 12.8. The Kier molecular flexibility index (Phi) is 4.28. The number of hydrogen-bond donors (Lipinski definition) is 2. The number of carbonyl (C=O) groups is 1. The zero-order valence-electron chi connectivity index (χ0n) is 12.8. The van der Waals surface area contributed by atoms with Crippen LogP contribution in [0.5, 0.6) is 0 Å². The smallest absolute Gasteiger partial charge is 0.319 e. The lowest BCUT2D eigenvalue weighted by atomic mass is 10.2. The van der Waals surface area contributed by atoms with Crippen molar-refractivity contribution in [1.29, 1.82) is 0 Å². The molecule has 0 aliphatic heterocycles. The highest BCUT2D eigenvalue weighted by atomic mass is 19.1. The standard InChI is InChI=1S/C18H18FN3O/c1-2-22-10-9-14-5-8-16(11-17(14)22)21-18(23)20-12-13-3-6-15(19)7-4-13/h3-11H,2,12H2,1H3,(H2,20,21,23). The fraction of sp³-hybridized carbons (Fsp3) is 0.167. The molecule has 3 rings (SSSR count). The number of aryl methyl sites for hydroxylation is 1. The van der Waals surface area contributed by atoms with E-state index in [2.05, 4.69) is 28.2 Å². The minimum Gasteiger partial charge on any atom is -0.348 e. The van der Waals surface area contributed by atoms with E-state index in [1.807, 2.05) is 24.4 Å². The first-order chi connectivity index (χ1) is 11.2. The molecule has 0 unspecified atom stereocenters. The summed E-state index contributed by atoms with van der Waals surface area (Å²) < 4.78 is 15.0. The van der Waals surface area contributed by atoms with Crippen LogP contribution in [0.15, 0.2) is 54.7 Å². The monoisotopic (exact) mass is 311 g/mol. The topological polar surface area (TPSA) is 46.1 Å². The maximum absolute atomic E-state index is 12.8. The van der Waals surface area contributed by atoms with E-state index in [-0.39, 0.29) is 11.8 Å². The number of aromatic nitrogens is 1. The summed E-state index contributed by atoms with van der Waals surface area (Å²) in [6.07, 6.45) is 2.03. The predicted molar refractivity (Wildman–Crippen MR) is 89.9 cm³/mol. The van der Waals surface area contributed by atoms with Crippen molar-refractivity contribution < 1.29 is 9.18 Å². The molecule has 1 heterocycles. The summed E-state index contributed by atoms with van der Waals surface area (Å²) in [5, 5.41) is 6.72. The number of nitrogens with one attached hydrogen (secondary N) is 2. The zero-order chi connectivity index (χ0) is 16.2.